The van der Waals surface area contributed by atoms with Crippen LogP contribution in [-0.4, -0.2) is 11.6 Å². The number of nitrogens with one attached hydrogen (secondary N) is 2. The minimum absolute atomic E-state index is 0.270. The van der Waals surface area contributed by atoms with E-state index in [9.17, 15) is 9.18 Å². The Morgan fingerprint density at radius 2 is 1.86 bits per heavy atom. The Morgan fingerprint density at radius 1 is 1.07 bits per heavy atom. The lowest BCUT2D eigenvalue weighted by molar-refractivity contribution is 0.0994. The van der Waals surface area contributed by atoms with Crippen LogP contribution >= 0.6 is 0 Å². The quantitative estimate of drug-likeness (QED) is 0.582. The van der Waals surface area contributed by atoms with Gasteiger partial charge in [-0.15, -0.1) is 0 Å². The van der Waals surface area contributed by atoms with Crippen LogP contribution in [0, 0.1) is 19.7 Å². The van der Waals surface area contributed by atoms with Gasteiger partial charge < -0.3 is 9.73 Å². The highest BCUT2D eigenvalue weighted by Crippen LogP contribution is 2.30. The molecular formula is C23H22FN3O2. The Labute approximate surface area is 168 Å². The van der Waals surface area contributed by atoms with Crippen LogP contribution in [0.15, 0.2) is 58.0 Å². The van der Waals surface area contributed by atoms with Crippen molar-refractivity contribution in [1.29, 1.82) is 0 Å². The topological polar surface area (TPSA) is 66.6 Å². The van der Waals surface area contributed by atoms with Gasteiger partial charge in [-0.1, -0.05) is 12.1 Å². The van der Waals surface area contributed by atoms with Gasteiger partial charge in [0.05, 0.1) is 11.4 Å². The summed E-state index contributed by atoms with van der Waals surface area (Å²) in [7, 11) is 0. The second-order valence-corrected chi connectivity index (χ2v) is 7.21. The number of anilines is 2. The molecule has 29 heavy (non-hydrogen) atoms. The van der Waals surface area contributed by atoms with E-state index in [4.69, 9.17) is 4.42 Å². The number of rotatable bonds is 4. The van der Waals surface area contributed by atoms with Crippen molar-refractivity contribution in [3.63, 3.8) is 0 Å². The maximum Gasteiger partial charge on any atom is 0.291 e. The maximum absolute atomic E-state index is 13.1. The summed E-state index contributed by atoms with van der Waals surface area (Å²) in [4.78, 5) is 12.8. The molecule has 1 aromatic heterocycles. The number of benzene rings is 2. The van der Waals surface area contributed by atoms with Gasteiger partial charge in [0.2, 0.25) is 0 Å². The number of hydrogen-bond donors (Lipinski definition) is 2. The van der Waals surface area contributed by atoms with Crippen molar-refractivity contribution in [2.24, 2.45) is 5.10 Å². The Kier molecular flexibility index (Phi) is 5.16. The second-order valence-electron chi connectivity index (χ2n) is 7.21. The summed E-state index contributed by atoms with van der Waals surface area (Å²) in [5.41, 5.74) is 7.98. The average Bonchev–Trinajstić information content (AvgIpc) is 3.05. The predicted molar refractivity (Wildman–Crippen MR) is 112 cm³/mol. The van der Waals surface area contributed by atoms with Crippen molar-refractivity contribution in [3.05, 3.63) is 82.6 Å². The molecule has 1 amide bonds. The van der Waals surface area contributed by atoms with Crippen molar-refractivity contribution in [2.45, 2.75) is 33.1 Å². The largest absolute Gasteiger partial charge is 0.455 e. The lowest BCUT2D eigenvalue weighted by Gasteiger charge is -2.13. The van der Waals surface area contributed by atoms with Gasteiger partial charge in [0.1, 0.15) is 11.6 Å². The van der Waals surface area contributed by atoms with Crippen LogP contribution in [0.2, 0.25) is 0 Å². The van der Waals surface area contributed by atoms with Crippen molar-refractivity contribution < 1.29 is 13.6 Å². The minimum Gasteiger partial charge on any atom is -0.455 e. The molecule has 0 spiro atoms. The van der Waals surface area contributed by atoms with Crippen LogP contribution in [0.25, 0.3) is 0 Å². The van der Waals surface area contributed by atoms with Crippen LogP contribution in [0.1, 0.15) is 45.8 Å². The summed E-state index contributed by atoms with van der Waals surface area (Å²) in [6.45, 7) is 3.86. The van der Waals surface area contributed by atoms with Crippen LogP contribution in [0.3, 0.4) is 0 Å². The van der Waals surface area contributed by atoms with E-state index in [1.165, 1.54) is 12.1 Å². The van der Waals surface area contributed by atoms with E-state index >= 15 is 0 Å². The van der Waals surface area contributed by atoms with Gasteiger partial charge in [-0.05, 0) is 68.7 Å². The van der Waals surface area contributed by atoms with E-state index in [0.717, 1.165) is 53.1 Å². The third-order valence-electron chi connectivity index (χ3n) is 4.97. The van der Waals surface area contributed by atoms with E-state index in [2.05, 4.69) is 15.8 Å². The molecule has 0 atom stereocenters. The number of aryl methyl sites for hydroxylation is 2. The molecule has 1 aliphatic rings. The van der Waals surface area contributed by atoms with Gasteiger partial charge in [-0.2, -0.15) is 5.10 Å². The summed E-state index contributed by atoms with van der Waals surface area (Å²) < 4.78 is 19.0. The summed E-state index contributed by atoms with van der Waals surface area (Å²) >= 11 is 0. The van der Waals surface area contributed by atoms with Gasteiger partial charge in [0, 0.05) is 23.2 Å². The lowest BCUT2D eigenvalue weighted by atomic mass is 9.93. The van der Waals surface area contributed by atoms with Crippen molar-refractivity contribution in [1.82, 2.24) is 0 Å². The maximum atomic E-state index is 13.1. The molecule has 0 bridgehead atoms. The molecule has 6 heteroatoms. The Hall–Kier alpha value is -3.41. The van der Waals surface area contributed by atoms with Gasteiger partial charge in [-0.25, -0.2) is 4.39 Å². The van der Waals surface area contributed by atoms with Crippen molar-refractivity contribution in [3.8, 4) is 0 Å². The number of hydrogen-bond acceptors (Lipinski definition) is 4. The van der Waals surface area contributed by atoms with E-state index in [0.29, 0.717) is 11.4 Å². The standard InChI is InChI=1S/C23H22FN3O2/c1-14-5-3-6-18(13-14)25-23(28)22-15(2)21-19(7-4-8-20(21)29-22)27-26-17-11-9-16(24)10-12-17/h3,5-6,9-13,26H,4,7-8H2,1-2H3,(H,25,28)/b27-19+. The molecule has 2 aromatic carbocycles. The van der Waals surface area contributed by atoms with Crippen LogP contribution < -0.4 is 10.7 Å². The fourth-order valence-electron chi connectivity index (χ4n) is 3.56. The number of fused-ring (bicyclic) bond motifs is 1. The Balaban J connectivity index is 1.59. The van der Waals surface area contributed by atoms with Crippen molar-refractivity contribution in [2.75, 3.05) is 10.7 Å². The molecule has 4 rings (SSSR count). The zero-order chi connectivity index (χ0) is 20.4. The number of carbonyl (C=O) groups excluding carboxylic acids is 1. The smallest absolute Gasteiger partial charge is 0.291 e. The fourth-order valence-corrected chi connectivity index (χ4v) is 3.56. The first-order valence-corrected chi connectivity index (χ1v) is 9.60. The second kappa shape index (κ2) is 7.91. The van der Waals surface area contributed by atoms with Crippen LogP contribution in [0.5, 0.6) is 0 Å². The number of amides is 1. The van der Waals surface area contributed by atoms with Gasteiger partial charge >= 0.3 is 0 Å². The minimum atomic E-state index is -0.293. The summed E-state index contributed by atoms with van der Waals surface area (Å²) in [5, 5.41) is 7.41. The molecular weight excluding hydrogens is 369 g/mol. The molecule has 2 N–H and O–H groups in total. The Morgan fingerprint density at radius 3 is 2.62 bits per heavy atom. The third-order valence-corrected chi connectivity index (χ3v) is 4.97. The summed E-state index contributed by atoms with van der Waals surface area (Å²) in [6.07, 6.45) is 2.44. The summed E-state index contributed by atoms with van der Waals surface area (Å²) in [5.74, 6) is 0.530. The number of hydrazone groups is 1. The van der Waals surface area contributed by atoms with E-state index in [1.54, 1.807) is 12.1 Å². The molecule has 0 fully saturated rings. The monoisotopic (exact) mass is 391 g/mol. The average molecular weight is 391 g/mol. The third kappa shape index (κ3) is 4.06. The van der Waals surface area contributed by atoms with Gasteiger partial charge in [0.25, 0.3) is 5.91 Å². The van der Waals surface area contributed by atoms with E-state index < -0.39 is 0 Å². The normalized spacial score (nSPS) is 14.5. The van der Waals surface area contributed by atoms with Gasteiger partial charge in [0.15, 0.2) is 5.76 Å². The highest BCUT2D eigenvalue weighted by Gasteiger charge is 2.28. The zero-order valence-corrected chi connectivity index (χ0v) is 16.4. The highest BCUT2D eigenvalue weighted by molar-refractivity contribution is 6.09. The fraction of sp³-hybridized carbons (Fsp3) is 0.217. The first-order chi connectivity index (χ1) is 14.0. The first-order valence-electron chi connectivity index (χ1n) is 9.60. The molecule has 5 nitrogen and oxygen atoms in total. The Bertz CT molecular complexity index is 1080. The first kappa shape index (κ1) is 18.9. The number of nitrogens with zero attached hydrogens (tertiary/aromatic N) is 1. The van der Waals surface area contributed by atoms with Crippen molar-refractivity contribution >= 4 is 23.0 Å². The molecule has 1 heterocycles. The van der Waals surface area contributed by atoms with Crippen LogP contribution in [0.4, 0.5) is 15.8 Å². The number of furan rings is 1. The molecule has 0 saturated carbocycles. The van der Waals surface area contributed by atoms with E-state index in [1.807, 2.05) is 38.1 Å². The summed E-state index contributed by atoms with van der Waals surface area (Å²) in [6, 6.07) is 13.7. The highest BCUT2D eigenvalue weighted by atomic mass is 19.1. The predicted octanol–water partition coefficient (Wildman–Crippen LogP) is 5.44. The van der Waals surface area contributed by atoms with E-state index in [-0.39, 0.29) is 11.7 Å². The molecule has 3 aromatic rings. The number of carbonyl (C=O) groups is 1. The molecule has 0 unspecified atom stereocenters. The zero-order valence-electron chi connectivity index (χ0n) is 16.4. The molecule has 1 aliphatic carbocycles. The van der Waals surface area contributed by atoms with Crippen LogP contribution in [-0.2, 0) is 6.42 Å². The molecule has 148 valence electrons. The molecule has 0 saturated heterocycles. The molecule has 0 aliphatic heterocycles. The SMILES string of the molecule is Cc1cccc(NC(=O)c2oc3c(c2C)/C(=N/Nc2ccc(F)cc2)CCC3)c1. The van der Waals surface area contributed by atoms with Gasteiger partial charge in [-0.3, -0.25) is 10.2 Å². The lowest BCUT2D eigenvalue weighted by Crippen LogP contribution is -2.14. The number of halogens is 1. The molecule has 0 radical (unpaired) electrons.